The number of hydrogen-bond donors (Lipinski definition) is 2. The Bertz CT molecular complexity index is 1210. The lowest BCUT2D eigenvalue weighted by Gasteiger charge is -2.43. The fourth-order valence-corrected chi connectivity index (χ4v) is 4.81. The summed E-state index contributed by atoms with van der Waals surface area (Å²) < 4.78 is 11.1. The molecule has 0 radical (unpaired) electrons. The summed E-state index contributed by atoms with van der Waals surface area (Å²) in [6.45, 7) is 6.31. The topological polar surface area (TPSA) is 86.9 Å². The van der Waals surface area contributed by atoms with Gasteiger partial charge < -0.3 is 24.7 Å². The number of carbonyl (C=O) groups is 2. The monoisotopic (exact) mass is 528 g/mol. The lowest BCUT2D eigenvalue weighted by Crippen LogP contribution is -2.56. The zero-order chi connectivity index (χ0) is 24.4. The number of methoxy groups -OCH3 is 2. The fourth-order valence-electron chi connectivity index (χ4n) is 4.45. The Morgan fingerprint density at radius 2 is 1.97 bits per heavy atom. The molecule has 2 heterocycles. The van der Waals surface area contributed by atoms with E-state index in [2.05, 4.69) is 49.0 Å². The van der Waals surface area contributed by atoms with E-state index in [9.17, 15) is 9.59 Å². The van der Waals surface area contributed by atoms with Gasteiger partial charge in [-0.25, -0.2) is 4.79 Å². The summed E-state index contributed by atoms with van der Waals surface area (Å²) in [7, 11) is 2.99. The second kappa shape index (κ2) is 10.1. The molecule has 180 valence electrons. The van der Waals surface area contributed by atoms with E-state index < -0.39 is 5.97 Å². The Hall–Kier alpha value is -3.04. The molecule has 1 aromatic heterocycles. The standard InChI is InChI=1S/C25H29BrN4O4/c1-15-14-29(10-11-30(15)18-6-5-7-19(13-18)33-3)16(2)24(31)28-22-20-12-17(26)8-9-21(20)27-23(22)25(32)34-4/h5-9,12-13,15-16,27H,10-11,14H2,1-4H3,(H,28,31). The minimum absolute atomic E-state index is 0.173. The van der Waals surface area contributed by atoms with E-state index in [-0.39, 0.29) is 23.7 Å². The van der Waals surface area contributed by atoms with Gasteiger partial charge in [0.25, 0.3) is 0 Å². The number of piperazine rings is 1. The summed E-state index contributed by atoms with van der Waals surface area (Å²) >= 11 is 3.46. The summed E-state index contributed by atoms with van der Waals surface area (Å²) in [5.41, 5.74) is 2.51. The predicted octanol–water partition coefficient (Wildman–Crippen LogP) is 4.26. The molecule has 2 unspecified atom stereocenters. The van der Waals surface area contributed by atoms with Crippen LogP contribution in [0.1, 0.15) is 24.3 Å². The van der Waals surface area contributed by atoms with Gasteiger partial charge in [0, 0.05) is 52.8 Å². The number of rotatable bonds is 6. The number of fused-ring (bicyclic) bond motifs is 1. The molecular weight excluding hydrogens is 500 g/mol. The number of esters is 1. The average Bonchev–Trinajstić information content (AvgIpc) is 3.20. The van der Waals surface area contributed by atoms with Gasteiger partial charge in [-0.15, -0.1) is 0 Å². The van der Waals surface area contributed by atoms with Gasteiger partial charge in [0.1, 0.15) is 11.4 Å². The Morgan fingerprint density at radius 1 is 1.18 bits per heavy atom. The highest BCUT2D eigenvalue weighted by Crippen LogP contribution is 2.31. The number of amides is 1. The Labute approximate surface area is 207 Å². The zero-order valence-corrected chi connectivity index (χ0v) is 21.3. The average molecular weight is 529 g/mol. The lowest BCUT2D eigenvalue weighted by atomic mass is 10.1. The number of carbonyl (C=O) groups excluding carboxylic acids is 2. The minimum atomic E-state index is -0.532. The highest BCUT2D eigenvalue weighted by Gasteiger charge is 2.31. The molecule has 34 heavy (non-hydrogen) atoms. The third-order valence-electron chi connectivity index (χ3n) is 6.37. The van der Waals surface area contributed by atoms with Gasteiger partial charge in [-0.3, -0.25) is 9.69 Å². The van der Waals surface area contributed by atoms with Gasteiger partial charge >= 0.3 is 5.97 Å². The van der Waals surface area contributed by atoms with E-state index in [0.717, 1.165) is 46.4 Å². The number of halogens is 1. The number of aromatic amines is 1. The van der Waals surface area contributed by atoms with Gasteiger partial charge in [0.15, 0.2) is 0 Å². The van der Waals surface area contributed by atoms with Crippen molar-refractivity contribution in [1.82, 2.24) is 9.88 Å². The second-order valence-electron chi connectivity index (χ2n) is 8.46. The van der Waals surface area contributed by atoms with Crippen LogP contribution in [-0.4, -0.2) is 67.7 Å². The number of nitrogens with one attached hydrogen (secondary N) is 2. The van der Waals surface area contributed by atoms with Crippen molar-refractivity contribution >= 4 is 50.1 Å². The van der Waals surface area contributed by atoms with Crippen LogP contribution in [-0.2, 0) is 9.53 Å². The highest BCUT2D eigenvalue weighted by molar-refractivity contribution is 9.10. The minimum Gasteiger partial charge on any atom is -0.497 e. The number of ether oxygens (including phenoxy) is 2. The molecular formula is C25H29BrN4O4. The van der Waals surface area contributed by atoms with Crippen molar-refractivity contribution < 1.29 is 19.1 Å². The molecule has 8 nitrogen and oxygen atoms in total. The van der Waals surface area contributed by atoms with Gasteiger partial charge in [-0.2, -0.15) is 0 Å². The van der Waals surface area contributed by atoms with E-state index in [0.29, 0.717) is 5.69 Å². The summed E-state index contributed by atoms with van der Waals surface area (Å²) in [4.78, 5) is 33.2. The first kappa shape index (κ1) is 24.1. The zero-order valence-electron chi connectivity index (χ0n) is 19.7. The van der Waals surface area contributed by atoms with Crippen molar-refractivity contribution in [1.29, 1.82) is 0 Å². The molecule has 4 rings (SSSR count). The first-order chi connectivity index (χ1) is 16.3. The van der Waals surface area contributed by atoms with Crippen LogP contribution in [0, 0.1) is 0 Å². The maximum absolute atomic E-state index is 13.3. The number of benzene rings is 2. The maximum Gasteiger partial charge on any atom is 0.356 e. The Kier molecular flexibility index (Phi) is 7.13. The van der Waals surface area contributed by atoms with Crippen LogP contribution in [0.5, 0.6) is 5.75 Å². The smallest absolute Gasteiger partial charge is 0.356 e. The number of anilines is 2. The van der Waals surface area contributed by atoms with Crippen LogP contribution in [0.2, 0.25) is 0 Å². The summed E-state index contributed by atoms with van der Waals surface area (Å²) in [5.74, 6) is 0.121. The molecule has 1 aliphatic heterocycles. The quantitative estimate of drug-likeness (QED) is 0.464. The molecule has 2 atom stereocenters. The van der Waals surface area contributed by atoms with E-state index in [1.807, 2.05) is 43.3 Å². The SMILES string of the molecule is COC(=O)c1[nH]c2ccc(Br)cc2c1NC(=O)C(C)N1CCN(c2cccc(OC)c2)C(C)C1. The highest BCUT2D eigenvalue weighted by atomic mass is 79.9. The Balaban J connectivity index is 1.50. The maximum atomic E-state index is 13.3. The van der Waals surface area contributed by atoms with Crippen molar-refractivity contribution in [2.24, 2.45) is 0 Å². The van der Waals surface area contributed by atoms with Crippen molar-refractivity contribution in [2.45, 2.75) is 25.9 Å². The molecule has 1 aliphatic rings. The Morgan fingerprint density at radius 3 is 2.68 bits per heavy atom. The molecule has 1 saturated heterocycles. The molecule has 2 aromatic carbocycles. The summed E-state index contributed by atoms with van der Waals surface area (Å²) in [6, 6.07) is 13.5. The van der Waals surface area contributed by atoms with E-state index in [4.69, 9.17) is 9.47 Å². The molecule has 3 aromatic rings. The first-order valence-electron chi connectivity index (χ1n) is 11.2. The van der Waals surface area contributed by atoms with Gasteiger partial charge in [0.2, 0.25) is 5.91 Å². The molecule has 9 heteroatoms. The van der Waals surface area contributed by atoms with E-state index >= 15 is 0 Å². The second-order valence-corrected chi connectivity index (χ2v) is 9.38. The molecule has 0 aliphatic carbocycles. The van der Waals surface area contributed by atoms with Crippen LogP contribution in [0.25, 0.3) is 10.9 Å². The number of nitrogens with zero attached hydrogens (tertiary/aromatic N) is 2. The normalized spacial score (nSPS) is 17.4. The number of H-pyrrole nitrogens is 1. The van der Waals surface area contributed by atoms with Crippen LogP contribution in [0.4, 0.5) is 11.4 Å². The number of aromatic nitrogens is 1. The molecule has 1 fully saturated rings. The van der Waals surface area contributed by atoms with Gasteiger partial charge in [-0.05, 0) is 44.2 Å². The molecule has 0 spiro atoms. The van der Waals surface area contributed by atoms with Crippen molar-refractivity contribution in [3.63, 3.8) is 0 Å². The van der Waals surface area contributed by atoms with Gasteiger partial charge in [0.05, 0.1) is 25.9 Å². The lowest BCUT2D eigenvalue weighted by molar-refractivity contribution is -0.121. The van der Waals surface area contributed by atoms with E-state index in [1.54, 1.807) is 7.11 Å². The molecule has 0 bridgehead atoms. The molecule has 0 saturated carbocycles. The summed E-state index contributed by atoms with van der Waals surface area (Å²) in [6.07, 6.45) is 0. The van der Waals surface area contributed by atoms with Crippen molar-refractivity contribution in [3.8, 4) is 5.75 Å². The van der Waals surface area contributed by atoms with Crippen molar-refractivity contribution in [2.75, 3.05) is 44.1 Å². The van der Waals surface area contributed by atoms with Crippen LogP contribution >= 0.6 is 15.9 Å². The summed E-state index contributed by atoms with van der Waals surface area (Å²) in [5, 5.41) is 3.72. The third-order valence-corrected chi connectivity index (χ3v) is 6.86. The fraction of sp³-hybridized carbons (Fsp3) is 0.360. The van der Waals surface area contributed by atoms with Crippen molar-refractivity contribution in [3.05, 3.63) is 52.6 Å². The van der Waals surface area contributed by atoms with E-state index in [1.165, 1.54) is 7.11 Å². The first-order valence-corrected chi connectivity index (χ1v) is 12.0. The van der Waals surface area contributed by atoms with Crippen LogP contribution in [0.3, 0.4) is 0 Å². The van der Waals surface area contributed by atoms with Gasteiger partial charge in [-0.1, -0.05) is 22.0 Å². The molecule has 2 N–H and O–H groups in total. The predicted molar refractivity (Wildman–Crippen MR) is 137 cm³/mol. The molecule has 1 amide bonds. The third kappa shape index (κ3) is 4.76. The van der Waals surface area contributed by atoms with Crippen LogP contribution < -0.4 is 15.0 Å². The number of hydrogen-bond acceptors (Lipinski definition) is 6. The van der Waals surface area contributed by atoms with Crippen LogP contribution in [0.15, 0.2) is 46.9 Å². The largest absolute Gasteiger partial charge is 0.497 e.